The first-order chi connectivity index (χ1) is 16.0. The van der Waals surface area contributed by atoms with Crippen LogP contribution in [0.3, 0.4) is 0 Å². The molecule has 1 saturated carbocycles. The Morgan fingerprint density at radius 1 is 1.21 bits per heavy atom. The van der Waals surface area contributed by atoms with Crippen molar-refractivity contribution in [2.75, 3.05) is 18.9 Å². The summed E-state index contributed by atoms with van der Waals surface area (Å²) in [5.74, 6) is 2.50. The highest BCUT2D eigenvalue weighted by molar-refractivity contribution is 5.98. The third kappa shape index (κ3) is 3.64. The number of ether oxygens (including phenoxy) is 1. The Balaban J connectivity index is 1.22. The van der Waals surface area contributed by atoms with Crippen molar-refractivity contribution in [3.8, 4) is 11.6 Å². The molecule has 9 nitrogen and oxygen atoms in total. The second-order valence-electron chi connectivity index (χ2n) is 9.17. The van der Waals surface area contributed by atoms with Crippen LogP contribution in [0.15, 0.2) is 47.4 Å². The molecule has 3 aromatic heterocycles. The van der Waals surface area contributed by atoms with Crippen LogP contribution >= 0.6 is 0 Å². The van der Waals surface area contributed by atoms with Gasteiger partial charge in [0.2, 0.25) is 5.88 Å². The fourth-order valence-corrected chi connectivity index (χ4v) is 4.24. The minimum atomic E-state index is -0.298. The van der Waals surface area contributed by atoms with E-state index in [0.29, 0.717) is 17.4 Å². The number of nitrogens with zero attached hydrogens (tertiary/aromatic N) is 5. The van der Waals surface area contributed by atoms with Crippen molar-refractivity contribution in [3.63, 3.8) is 0 Å². The maximum absolute atomic E-state index is 12.8. The smallest absolute Gasteiger partial charge is 0.331 e. The average molecular weight is 444 g/mol. The van der Waals surface area contributed by atoms with Crippen LogP contribution in [0.1, 0.15) is 36.8 Å². The van der Waals surface area contributed by atoms with E-state index in [1.54, 1.807) is 17.1 Å². The molecule has 33 heavy (non-hydrogen) atoms. The monoisotopic (exact) mass is 444 g/mol. The van der Waals surface area contributed by atoms with Gasteiger partial charge in [0.1, 0.15) is 17.8 Å². The number of hydrogen-bond acceptors (Lipinski definition) is 7. The molecule has 4 heterocycles. The minimum Gasteiger partial charge on any atom is -0.439 e. The summed E-state index contributed by atoms with van der Waals surface area (Å²) < 4.78 is 13.1. The number of carbonyl (C=O) groups excluding carboxylic acids is 1. The molecular weight excluding hydrogens is 420 g/mol. The van der Waals surface area contributed by atoms with E-state index in [9.17, 15) is 4.79 Å². The summed E-state index contributed by atoms with van der Waals surface area (Å²) in [5.41, 5.74) is 2.89. The summed E-state index contributed by atoms with van der Waals surface area (Å²) in [6.07, 6.45) is 6.29. The molecule has 1 aliphatic carbocycles. The lowest BCUT2D eigenvalue weighted by molar-refractivity contribution is 0.254. The Morgan fingerprint density at radius 2 is 2.09 bits per heavy atom. The van der Waals surface area contributed by atoms with E-state index in [1.165, 1.54) is 0 Å². The standard InChI is InChI=1S/C24H24N6O3/c1-24(7-8-24)20-12-21(28-33-20)27-23(31)30-10-5-15-11-16(3-4-19(15)30)32-22-17-6-9-29(2)13-18(17)25-14-26-22/h3-5,10-12,14H,6-9,13H2,1-2H3,(H,27,28,31). The first kappa shape index (κ1) is 19.9. The highest BCUT2D eigenvalue weighted by Crippen LogP contribution is 2.48. The molecule has 6 rings (SSSR count). The lowest BCUT2D eigenvalue weighted by Gasteiger charge is -2.24. The molecule has 1 aliphatic heterocycles. The Kier molecular flexibility index (Phi) is 4.48. The van der Waals surface area contributed by atoms with Crippen LogP contribution in [0.5, 0.6) is 11.6 Å². The number of carbonyl (C=O) groups is 1. The Hall–Kier alpha value is -3.72. The van der Waals surface area contributed by atoms with Crippen LogP contribution < -0.4 is 10.1 Å². The van der Waals surface area contributed by atoms with E-state index in [2.05, 4.69) is 39.3 Å². The number of fused-ring (bicyclic) bond motifs is 2. The summed E-state index contributed by atoms with van der Waals surface area (Å²) in [6.45, 7) is 3.87. The van der Waals surface area contributed by atoms with Crippen molar-refractivity contribution in [3.05, 3.63) is 59.9 Å². The molecule has 0 bridgehead atoms. The minimum absolute atomic E-state index is 0.0609. The van der Waals surface area contributed by atoms with Crippen LogP contribution in [0, 0.1) is 0 Å². The van der Waals surface area contributed by atoms with Gasteiger partial charge in [-0.1, -0.05) is 12.1 Å². The zero-order valence-electron chi connectivity index (χ0n) is 18.5. The normalized spacial score (nSPS) is 17.0. The number of benzene rings is 1. The van der Waals surface area contributed by atoms with Crippen molar-refractivity contribution >= 4 is 22.8 Å². The number of nitrogens with one attached hydrogen (secondary N) is 1. The van der Waals surface area contributed by atoms with Crippen LogP contribution in [0.4, 0.5) is 10.6 Å². The van der Waals surface area contributed by atoms with Gasteiger partial charge in [-0.25, -0.2) is 14.8 Å². The molecule has 0 unspecified atom stereocenters. The van der Waals surface area contributed by atoms with E-state index in [4.69, 9.17) is 9.26 Å². The summed E-state index contributed by atoms with van der Waals surface area (Å²) in [6, 6.07) is 9.01. The van der Waals surface area contributed by atoms with Gasteiger partial charge in [-0.2, -0.15) is 0 Å². The highest BCUT2D eigenvalue weighted by Gasteiger charge is 2.43. The predicted molar refractivity (Wildman–Crippen MR) is 122 cm³/mol. The molecular formula is C24H24N6O3. The van der Waals surface area contributed by atoms with Crippen LogP contribution in [-0.4, -0.2) is 44.2 Å². The molecule has 168 valence electrons. The highest BCUT2D eigenvalue weighted by atomic mass is 16.5. The van der Waals surface area contributed by atoms with Crippen molar-refractivity contribution in [1.29, 1.82) is 0 Å². The molecule has 0 radical (unpaired) electrons. The van der Waals surface area contributed by atoms with Gasteiger partial charge in [0.15, 0.2) is 5.82 Å². The molecule has 1 fully saturated rings. The van der Waals surface area contributed by atoms with Crippen LogP contribution in [0.25, 0.3) is 10.9 Å². The fraction of sp³-hybridized carbons (Fsp3) is 0.333. The van der Waals surface area contributed by atoms with Gasteiger partial charge in [0.05, 0.1) is 11.2 Å². The zero-order valence-corrected chi connectivity index (χ0v) is 18.5. The SMILES string of the molecule is CN1CCc2c(ncnc2Oc2ccc3c(ccn3C(=O)Nc3cc(C4(C)CC4)on3)c2)C1. The van der Waals surface area contributed by atoms with Crippen molar-refractivity contribution < 1.29 is 14.1 Å². The molecule has 0 atom stereocenters. The van der Waals surface area contributed by atoms with Crippen molar-refractivity contribution in [2.24, 2.45) is 0 Å². The molecule has 1 aromatic carbocycles. The van der Waals surface area contributed by atoms with Gasteiger partial charge >= 0.3 is 6.03 Å². The topological polar surface area (TPSA) is 98.3 Å². The van der Waals surface area contributed by atoms with Gasteiger partial charge in [0, 0.05) is 41.7 Å². The molecule has 9 heteroatoms. The quantitative estimate of drug-likeness (QED) is 0.500. The lowest BCUT2D eigenvalue weighted by Crippen LogP contribution is -2.27. The number of amides is 1. The largest absolute Gasteiger partial charge is 0.439 e. The van der Waals surface area contributed by atoms with Gasteiger partial charge in [-0.15, -0.1) is 0 Å². The molecule has 0 spiro atoms. The third-order valence-electron chi connectivity index (χ3n) is 6.59. The second kappa shape index (κ2) is 7.41. The number of likely N-dealkylation sites (N-methyl/N-ethyl adjacent to an activating group) is 1. The summed E-state index contributed by atoms with van der Waals surface area (Å²) in [4.78, 5) is 23.8. The Morgan fingerprint density at radius 3 is 2.94 bits per heavy atom. The fourth-order valence-electron chi connectivity index (χ4n) is 4.24. The number of hydrogen-bond donors (Lipinski definition) is 1. The number of rotatable bonds is 4. The zero-order chi connectivity index (χ0) is 22.6. The van der Waals surface area contributed by atoms with Gasteiger partial charge in [0.25, 0.3) is 0 Å². The molecule has 1 amide bonds. The molecule has 2 aliphatic rings. The maximum Gasteiger partial charge on any atom is 0.331 e. The average Bonchev–Trinajstić information content (AvgIpc) is 3.20. The van der Waals surface area contributed by atoms with Crippen molar-refractivity contribution in [1.82, 2.24) is 24.6 Å². The predicted octanol–water partition coefficient (Wildman–Crippen LogP) is 4.33. The summed E-state index contributed by atoms with van der Waals surface area (Å²) in [7, 11) is 2.08. The third-order valence-corrected chi connectivity index (χ3v) is 6.59. The molecule has 1 N–H and O–H groups in total. The maximum atomic E-state index is 12.8. The van der Waals surface area contributed by atoms with Crippen LogP contribution in [-0.2, 0) is 18.4 Å². The Labute approximate surface area is 190 Å². The van der Waals surface area contributed by atoms with Crippen molar-refractivity contribution in [2.45, 2.75) is 38.1 Å². The van der Waals surface area contributed by atoms with Crippen LogP contribution in [0.2, 0.25) is 0 Å². The first-order valence-corrected chi connectivity index (χ1v) is 11.1. The first-order valence-electron chi connectivity index (χ1n) is 11.1. The second-order valence-corrected chi connectivity index (χ2v) is 9.17. The number of aromatic nitrogens is 4. The van der Waals surface area contributed by atoms with E-state index < -0.39 is 0 Å². The summed E-state index contributed by atoms with van der Waals surface area (Å²) >= 11 is 0. The van der Waals surface area contributed by atoms with Gasteiger partial charge in [-0.05, 0) is 50.6 Å². The Bertz CT molecular complexity index is 1370. The lowest BCUT2D eigenvalue weighted by atomic mass is 10.1. The van der Waals surface area contributed by atoms with E-state index >= 15 is 0 Å². The number of anilines is 1. The van der Waals surface area contributed by atoms with Gasteiger partial charge < -0.3 is 14.2 Å². The summed E-state index contributed by atoms with van der Waals surface area (Å²) in [5, 5.41) is 7.70. The van der Waals surface area contributed by atoms with E-state index in [-0.39, 0.29) is 11.4 Å². The van der Waals surface area contributed by atoms with Gasteiger partial charge in [-0.3, -0.25) is 9.88 Å². The molecule has 4 aromatic rings. The van der Waals surface area contributed by atoms with E-state index in [0.717, 1.165) is 60.3 Å². The van der Waals surface area contributed by atoms with E-state index in [1.807, 2.05) is 30.3 Å². The molecule has 0 saturated heterocycles.